The lowest BCUT2D eigenvalue weighted by atomic mass is 9.98. The van der Waals surface area contributed by atoms with E-state index in [9.17, 15) is 4.39 Å². The zero-order valence-electron chi connectivity index (χ0n) is 18.2. The fourth-order valence-corrected chi connectivity index (χ4v) is 3.48. The third-order valence-corrected chi connectivity index (χ3v) is 5.22. The van der Waals surface area contributed by atoms with E-state index in [1.54, 1.807) is 14.2 Å². The van der Waals surface area contributed by atoms with Gasteiger partial charge in [0.1, 0.15) is 17.3 Å². The van der Waals surface area contributed by atoms with Gasteiger partial charge in [0.05, 0.1) is 13.7 Å². The summed E-state index contributed by atoms with van der Waals surface area (Å²) in [5.41, 5.74) is 2.87. The van der Waals surface area contributed by atoms with Gasteiger partial charge in [-0.15, -0.1) is 24.0 Å². The number of aliphatic imine (C=N–C) groups is 1. The Kier molecular flexibility index (Phi) is 10.3. The molecular weight excluding hydrogens is 512 g/mol. The van der Waals surface area contributed by atoms with Crippen LogP contribution in [0.25, 0.3) is 0 Å². The molecule has 0 aliphatic carbocycles. The lowest BCUT2D eigenvalue weighted by Crippen LogP contribution is -2.39. The van der Waals surface area contributed by atoms with Crippen molar-refractivity contribution in [3.8, 4) is 11.5 Å². The standard InChI is InChI=1S/C23H30FN3O3.HI/c1-16(17-4-6-21(28-3)7-5-17)8-10-26-23(25-2)27-11-9-18-12-20(24)13-19-14-29-15-30-22(18)19;/h4-7,12-13,16H,8-11,14-15H2,1-3H3,(H2,25,26,27);1H. The maximum Gasteiger partial charge on any atom is 0.190 e. The molecule has 0 saturated heterocycles. The van der Waals surface area contributed by atoms with Crippen LogP contribution in [-0.4, -0.2) is 40.0 Å². The lowest BCUT2D eigenvalue weighted by molar-refractivity contribution is -0.0172. The van der Waals surface area contributed by atoms with Gasteiger partial charge >= 0.3 is 0 Å². The maximum absolute atomic E-state index is 13.9. The molecule has 0 aromatic heterocycles. The van der Waals surface area contributed by atoms with Crippen molar-refractivity contribution in [3.05, 3.63) is 58.9 Å². The smallest absolute Gasteiger partial charge is 0.190 e. The van der Waals surface area contributed by atoms with Crippen LogP contribution in [0.15, 0.2) is 41.4 Å². The molecule has 0 fully saturated rings. The van der Waals surface area contributed by atoms with Gasteiger partial charge in [-0.3, -0.25) is 4.99 Å². The van der Waals surface area contributed by atoms with Gasteiger partial charge in [0.2, 0.25) is 0 Å². The minimum atomic E-state index is -0.270. The quantitative estimate of drug-likeness (QED) is 0.297. The summed E-state index contributed by atoms with van der Waals surface area (Å²) in [7, 11) is 3.41. The third kappa shape index (κ3) is 7.24. The van der Waals surface area contributed by atoms with E-state index in [-0.39, 0.29) is 36.6 Å². The number of hydrogen-bond acceptors (Lipinski definition) is 4. The summed E-state index contributed by atoms with van der Waals surface area (Å²) in [6.07, 6.45) is 1.60. The van der Waals surface area contributed by atoms with Gasteiger partial charge < -0.3 is 24.8 Å². The first-order valence-corrected chi connectivity index (χ1v) is 10.2. The normalized spacial score (nSPS) is 14.0. The Bertz CT molecular complexity index is 862. The van der Waals surface area contributed by atoms with Crippen LogP contribution in [0.1, 0.15) is 36.0 Å². The van der Waals surface area contributed by atoms with Crippen molar-refractivity contribution in [2.45, 2.75) is 32.3 Å². The molecule has 1 aliphatic heterocycles. The van der Waals surface area contributed by atoms with E-state index in [0.717, 1.165) is 41.6 Å². The van der Waals surface area contributed by atoms with Crippen LogP contribution in [-0.2, 0) is 17.8 Å². The van der Waals surface area contributed by atoms with Gasteiger partial charge in [-0.1, -0.05) is 19.1 Å². The van der Waals surface area contributed by atoms with Gasteiger partial charge in [-0.05, 0) is 54.2 Å². The Hall–Kier alpha value is -2.07. The zero-order valence-corrected chi connectivity index (χ0v) is 20.6. The number of guanidine groups is 1. The predicted molar refractivity (Wildman–Crippen MR) is 131 cm³/mol. The zero-order chi connectivity index (χ0) is 21.3. The van der Waals surface area contributed by atoms with Gasteiger partial charge in [-0.25, -0.2) is 4.39 Å². The van der Waals surface area contributed by atoms with Crippen molar-refractivity contribution < 1.29 is 18.6 Å². The fourth-order valence-electron chi connectivity index (χ4n) is 3.48. The Balaban J connectivity index is 0.00000341. The molecule has 0 radical (unpaired) electrons. The second kappa shape index (κ2) is 12.7. The van der Waals surface area contributed by atoms with Crippen molar-refractivity contribution in [1.29, 1.82) is 0 Å². The molecule has 0 spiro atoms. The van der Waals surface area contributed by atoms with Gasteiger partial charge in [-0.2, -0.15) is 0 Å². The third-order valence-electron chi connectivity index (χ3n) is 5.22. The molecule has 2 aromatic carbocycles. The number of rotatable bonds is 8. The van der Waals surface area contributed by atoms with E-state index in [1.165, 1.54) is 17.7 Å². The molecule has 1 heterocycles. The summed E-state index contributed by atoms with van der Waals surface area (Å²) in [6.45, 7) is 4.20. The largest absolute Gasteiger partial charge is 0.497 e. The molecule has 0 saturated carbocycles. The SMILES string of the molecule is CN=C(NCCc1cc(F)cc2c1OCOC2)NCCC(C)c1ccc(OC)cc1.I. The number of hydrogen-bond donors (Lipinski definition) is 2. The Morgan fingerprint density at radius 3 is 2.65 bits per heavy atom. The van der Waals surface area contributed by atoms with Crippen LogP contribution in [0.2, 0.25) is 0 Å². The number of benzene rings is 2. The number of fused-ring (bicyclic) bond motifs is 1. The fraction of sp³-hybridized carbons (Fsp3) is 0.435. The summed E-state index contributed by atoms with van der Waals surface area (Å²) in [4.78, 5) is 4.27. The number of methoxy groups -OCH3 is 1. The topological polar surface area (TPSA) is 64.1 Å². The average molecular weight is 543 g/mol. The van der Waals surface area contributed by atoms with Crippen LogP contribution < -0.4 is 20.1 Å². The summed E-state index contributed by atoms with van der Waals surface area (Å²) in [5.74, 6) is 2.48. The highest BCUT2D eigenvalue weighted by atomic mass is 127. The van der Waals surface area contributed by atoms with Gasteiger partial charge in [0, 0.05) is 25.7 Å². The first-order chi connectivity index (χ1) is 14.6. The summed E-state index contributed by atoms with van der Waals surface area (Å²) < 4.78 is 29.9. The summed E-state index contributed by atoms with van der Waals surface area (Å²) >= 11 is 0. The predicted octanol–water partition coefficient (Wildman–Crippen LogP) is 4.22. The highest BCUT2D eigenvalue weighted by Gasteiger charge is 2.16. The Morgan fingerprint density at radius 1 is 1.19 bits per heavy atom. The van der Waals surface area contributed by atoms with Gasteiger partial charge in [0.25, 0.3) is 0 Å². The second-order valence-corrected chi connectivity index (χ2v) is 7.30. The number of halogens is 2. The number of nitrogens with zero attached hydrogens (tertiary/aromatic N) is 1. The molecule has 1 unspecified atom stereocenters. The molecule has 0 amide bonds. The molecule has 1 aliphatic rings. The number of nitrogens with one attached hydrogen (secondary N) is 2. The van der Waals surface area contributed by atoms with Crippen LogP contribution in [0.3, 0.4) is 0 Å². The molecular formula is C23H31FIN3O3. The molecule has 2 N–H and O–H groups in total. The minimum absolute atomic E-state index is 0. The first-order valence-electron chi connectivity index (χ1n) is 10.2. The molecule has 6 nitrogen and oxygen atoms in total. The Labute approximate surface area is 200 Å². The van der Waals surface area contributed by atoms with E-state index < -0.39 is 0 Å². The molecule has 0 bridgehead atoms. The number of ether oxygens (including phenoxy) is 3. The van der Waals surface area contributed by atoms with Crippen LogP contribution in [0.5, 0.6) is 11.5 Å². The van der Waals surface area contributed by atoms with Crippen molar-refractivity contribution in [2.75, 3.05) is 34.0 Å². The van der Waals surface area contributed by atoms with Crippen molar-refractivity contribution in [2.24, 2.45) is 4.99 Å². The van der Waals surface area contributed by atoms with Crippen LogP contribution >= 0.6 is 24.0 Å². The van der Waals surface area contributed by atoms with E-state index in [1.807, 2.05) is 12.1 Å². The molecule has 8 heteroatoms. The van der Waals surface area contributed by atoms with Crippen LogP contribution in [0.4, 0.5) is 4.39 Å². The highest BCUT2D eigenvalue weighted by Crippen LogP contribution is 2.29. The molecule has 170 valence electrons. The van der Waals surface area contributed by atoms with E-state index in [4.69, 9.17) is 14.2 Å². The average Bonchev–Trinajstić information content (AvgIpc) is 2.77. The van der Waals surface area contributed by atoms with Crippen LogP contribution in [0, 0.1) is 5.82 Å². The van der Waals surface area contributed by atoms with E-state index in [2.05, 4.69) is 34.7 Å². The molecule has 31 heavy (non-hydrogen) atoms. The molecule has 3 rings (SSSR count). The maximum atomic E-state index is 13.9. The Morgan fingerprint density at radius 2 is 1.94 bits per heavy atom. The molecule has 2 aromatic rings. The first kappa shape index (κ1) is 25.2. The molecule has 1 atom stereocenters. The second-order valence-electron chi connectivity index (χ2n) is 7.30. The van der Waals surface area contributed by atoms with Gasteiger partial charge in [0.15, 0.2) is 12.8 Å². The van der Waals surface area contributed by atoms with Crippen molar-refractivity contribution in [3.63, 3.8) is 0 Å². The summed E-state index contributed by atoms with van der Waals surface area (Å²) in [5, 5.41) is 6.63. The lowest BCUT2D eigenvalue weighted by Gasteiger charge is -2.21. The van der Waals surface area contributed by atoms with Crippen molar-refractivity contribution in [1.82, 2.24) is 10.6 Å². The summed E-state index contributed by atoms with van der Waals surface area (Å²) in [6, 6.07) is 11.2. The van der Waals surface area contributed by atoms with Crippen molar-refractivity contribution >= 4 is 29.9 Å². The minimum Gasteiger partial charge on any atom is -0.497 e. The monoisotopic (exact) mass is 543 g/mol. The highest BCUT2D eigenvalue weighted by molar-refractivity contribution is 14.0. The van der Waals surface area contributed by atoms with E-state index >= 15 is 0 Å². The van der Waals surface area contributed by atoms with E-state index in [0.29, 0.717) is 25.5 Å².